The Balaban J connectivity index is 2.10. The normalized spacial score (nSPS) is 10.9. The van der Waals surface area contributed by atoms with Crippen LogP contribution in [0, 0.1) is 10.1 Å². The van der Waals surface area contributed by atoms with Gasteiger partial charge in [0.2, 0.25) is 5.78 Å². The molecular weight excluding hydrogens is 516 g/mol. The fraction of sp³-hybridized carbons (Fsp3) is 0.267. The molecule has 0 fully saturated rings. The van der Waals surface area contributed by atoms with E-state index in [1.807, 2.05) is 0 Å². The number of nitro benzene ring substituents is 1. The number of nitrogens with zero attached hydrogens (tertiary/aromatic N) is 2. The molecule has 3 aromatic carbocycles. The van der Waals surface area contributed by atoms with Crippen LogP contribution < -0.4 is 4.90 Å². The maximum Gasteiger partial charge on any atom is 0.415 e. The number of hydrogen-bond acceptors (Lipinski definition) is 8. The quantitative estimate of drug-likeness (QED) is 0.103. The van der Waals surface area contributed by atoms with Gasteiger partial charge in [-0.3, -0.25) is 24.6 Å². The summed E-state index contributed by atoms with van der Waals surface area (Å²) in [7, 11) is 0. The first-order valence-corrected chi connectivity index (χ1v) is 12.5. The van der Waals surface area contributed by atoms with Gasteiger partial charge in [-0.1, -0.05) is 54.6 Å². The van der Waals surface area contributed by atoms with Crippen molar-refractivity contribution in [3.63, 3.8) is 0 Å². The van der Waals surface area contributed by atoms with Crippen LogP contribution in [0.2, 0.25) is 0 Å². The number of benzene rings is 3. The van der Waals surface area contributed by atoms with Crippen LogP contribution in [0.3, 0.4) is 0 Å². The second-order valence-corrected chi connectivity index (χ2v) is 9.85. The number of rotatable bonds is 9. The summed E-state index contributed by atoms with van der Waals surface area (Å²) in [6.45, 7) is 7.63. The molecular formula is C30H30N2O8. The van der Waals surface area contributed by atoms with E-state index in [0.29, 0.717) is 16.7 Å². The number of anilines is 1. The fourth-order valence-electron chi connectivity index (χ4n) is 3.98. The number of nitro groups is 1. The lowest BCUT2D eigenvalue weighted by Gasteiger charge is -2.28. The van der Waals surface area contributed by atoms with Crippen molar-refractivity contribution in [1.29, 1.82) is 0 Å². The van der Waals surface area contributed by atoms with Crippen molar-refractivity contribution in [3.05, 3.63) is 93.5 Å². The zero-order valence-corrected chi connectivity index (χ0v) is 22.9. The maximum absolute atomic E-state index is 13.4. The van der Waals surface area contributed by atoms with Gasteiger partial charge in [0.25, 0.3) is 5.69 Å². The summed E-state index contributed by atoms with van der Waals surface area (Å²) in [4.78, 5) is 62.6. The number of hydrogen-bond donors (Lipinski definition) is 0. The summed E-state index contributed by atoms with van der Waals surface area (Å²) >= 11 is 0. The maximum atomic E-state index is 13.4. The lowest BCUT2D eigenvalue weighted by molar-refractivity contribution is -0.384. The minimum Gasteiger partial charge on any atom is -0.462 e. The van der Waals surface area contributed by atoms with E-state index in [0.717, 1.165) is 4.90 Å². The predicted molar refractivity (Wildman–Crippen MR) is 148 cm³/mol. The van der Waals surface area contributed by atoms with Gasteiger partial charge in [0.15, 0.2) is 5.78 Å². The molecule has 0 aliphatic heterocycles. The van der Waals surface area contributed by atoms with Crippen LogP contribution in [0.25, 0.3) is 11.1 Å². The van der Waals surface area contributed by atoms with E-state index in [-0.39, 0.29) is 30.0 Å². The van der Waals surface area contributed by atoms with E-state index in [2.05, 4.69) is 0 Å². The fourth-order valence-corrected chi connectivity index (χ4v) is 3.98. The lowest BCUT2D eigenvalue weighted by atomic mass is 9.95. The Labute approximate surface area is 231 Å². The van der Waals surface area contributed by atoms with Crippen LogP contribution in [0.1, 0.15) is 60.9 Å². The molecule has 0 heterocycles. The van der Waals surface area contributed by atoms with Crippen LogP contribution >= 0.6 is 0 Å². The van der Waals surface area contributed by atoms with Crippen molar-refractivity contribution in [1.82, 2.24) is 0 Å². The van der Waals surface area contributed by atoms with E-state index in [9.17, 15) is 29.3 Å². The number of esters is 1. The van der Waals surface area contributed by atoms with Crippen molar-refractivity contribution < 1.29 is 33.6 Å². The molecule has 1 amide bonds. The molecule has 0 spiro atoms. The Hall–Kier alpha value is -4.86. The van der Waals surface area contributed by atoms with Crippen molar-refractivity contribution in [2.24, 2.45) is 0 Å². The highest BCUT2D eigenvalue weighted by Crippen LogP contribution is 2.35. The molecule has 0 atom stereocenters. The molecule has 208 valence electrons. The third kappa shape index (κ3) is 6.96. The predicted octanol–water partition coefficient (Wildman–Crippen LogP) is 6.15. The lowest BCUT2D eigenvalue weighted by Crippen LogP contribution is -2.37. The van der Waals surface area contributed by atoms with Crippen molar-refractivity contribution in [3.8, 4) is 11.1 Å². The second kappa shape index (κ2) is 12.3. The zero-order chi connectivity index (χ0) is 29.6. The average molecular weight is 547 g/mol. The standard InChI is InChI=1S/C30H30N2O8/c1-6-39-28(35)24-12-9-13-25(32(37)38)26(24)31(29(36)40-30(3,4)5)18-20-14-16-21(17-15-20)22-10-7-8-11-23(22)27(34)19(2)33/h7-17H,6,18H2,1-5H3. The third-order valence-corrected chi connectivity index (χ3v) is 5.69. The van der Waals surface area contributed by atoms with E-state index in [1.54, 1.807) is 76.2 Å². The molecule has 0 aliphatic rings. The first-order valence-electron chi connectivity index (χ1n) is 12.5. The third-order valence-electron chi connectivity index (χ3n) is 5.69. The number of carbonyl (C=O) groups excluding carboxylic acids is 4. The monoisotopic (exact) mass is 546 g/mol. The first kappa shape index (κ1) is 29.7. The minimum absolute atomic E-state index is 0.0302. The molecule has 0 aromatic heterocycles. The van der Waals surface area contributed by atoms with E-state index >= 15 is 0 Å². The number of ether oxygens (including phenoxy) is 2. The van der Waals surface area contributed by atoms with Gasteiger partial charge in [0.05, 0.1) is 23.6 Å². The van der Waals surface area contributed by atoms with E-state index in [4.69, 9.17) is 9.47 Å². The summed E-state index contributed by atoms with van der Waals surface area (Å²) in [5.74, 6) is -2.02. The van der Waals surface area contributed by atoms with Gasteiger partial charge >= 0.3 is 12.1 Å². The van der Waals surface area contributed by atoms with E-state index < -0.39 is 39.8 Å². The Morgan fingerprint density at radius 2 is 1.52 bits per heavy atom. The molecule has 10 nitrogen and oxygen atoms in total. The van der Waals surface area contributed by atoms with Gasteiger partial charge in [-0.25, -0.2) is 9.59 Å². The number of carbonyl (C=O) groups is 4. The molecule has 10 heteroatoms. The Morgan fingerprint density at radius 1 is 0.900 bits per heavy atom. The van der Waals surface area contributed by atoms with Crippen molar-refractivity contribution >= 4 is 35.0 Å². The minimum atomic E-state index is -0.931. The highest BCUT2D eigenvalue weighted by atomic mass is 16.6. The summed E-state index contributed by atoms with van der Waals surface area (Å²) < 4.78 is 10.7. The van der Waals surface area contributed by atoms with Crippen molar-refractivity contribution in [2.45, 2.75) is 46.8 Å². The van der Waals surface area contributed by atoms with Gasteiger partial charge in [-0.05, 0) is 50.5 Å². The van der Waals surface area contributed by atoms with Crippen LogP contribution in [0.15, 0.2) is 66.7 Å². The summed E-state index contributed by atoms with van der Waals surface area (Å²) in [6.07, 6.45) is -0.895. The largest absolute Gasteiger partial charge is 0.462 e. The summed E-state index contributed by atoms with van der Waals surface area (Å²) in [5.41, 5.74) is 0.216. The van der Waals surface area contributed by atoms with Crippen LogP contribution in [0.5, 0.6) is 0 Å². The highest BCUT2D eigenvalue weighted by molar-refractivity contribution is 6.44. The number of para-hydroxylation sites is 1. The van der Waals surface area contributed by atoms with Gasteiger partial charge in [-0.2, -0.15) is 0 Å². The van der Waals surface area contributed by atoms with Crippen LogP contribution in [-0.4, -0.2) is 40.8 Å². The van der Waals surface area contributed by atoms with Gasteiger partial charge in [-0.15, -0.1) is 0 Å². The molecule has 0 unspecified atom stereocenters. The number of Topliss-reactive ketones (excluding diaryl/α,β-unsaturated/α-hetero) is 2. The molecule has 0 radical (unpaired) electrons. The summed E-state index contributed by atoms with van der Waals surface area (Å²) in [6, 6.07) is 17.4. The zero-order valence-electron chi connectivity index (χ0n) is 22.9. The molecule has 0 saturated heterocycles. The molecule has 3 aromatic rings. The smallest absolute Gasteiger partial charge is 0.415 e. The van der Waals surface area contributed by atoms with Crippen LogP contribution in [-0.2, 0) is 20.8 Å². The molecule has 40 heavy (non-hydrogen) atoms. The Bertz CT molecular complexity index is 1460. The molecule has 0 saturated carbocycles. The Kier molecular flexibility index (Phi) is 9.15. The van der Waals surface area contributed by atoms with Gasteiger partial charge in [0.1, 0.15) is 11.3 Å². The number of amides is 1. The van der Waals surface area contributed by atoms with Gasteiger partial charge < -0.3 is 9.47 Å². The molecule has 3 rings (SSSR count). The topological polar surface area (TPSA) is 133 Å². The molecule has 0 aliphatic carbocycles. The highest BCUT2D eigenvalue weighted by Gasteiger charge is 2.33. The molecule has 0 N–H and O–H groups in total. The Morgan fingerprint density at radius 3 is 2.10 bits per heavy atom. The SMILES string of the molecule is CCOC(=O)c1cccc([N+](=O)[O-])c1N(Cc1ccc(-c2ccccc2C(=O)C(C)=O)cc1)C(=O)OC(C)(C)C. The second-order valence-electron chi connectivity index (χ2n) is 9.85. The number of ketones is 2. The van der Waals surface area contributed by atoms with Crippen molar-refractivity contribution in [2.75, 3.05) is 11.5 Å². The summed E-state index contributed by atoms with van der Waals surface area (Å²) in [5, 5.41) is 12.0. The van der Waals surface area contributed by atoms with E-state index in [1.165, 1.54) is 25.1 Å². The van der Waals surface area contributed by atoms with Crippen LogP contribution in [0.4, 0.5) is 16.2 Å². The van der Waals surface area contributed by atoms with Gasteiger partial charge in [0, 0.05) is 18.6 Å². The first-order chi connectivity index (χ1) is 18.8. The molecule has 0 bridgehead atoms. The average Bonchev–Trinajstić information content (AvgIpc) is 2.90.